The highest BCUT2D eigenvalue weighted by molar-refractivity contribution is 7.92. The fraction of sp³-hybridized carbons (Fsp3) is 0.188. The number of carbonyl (C=O) groups excluding carboxylic acids is 1. The van der Waals surface area contributed by atoms with Gasteiger partial charge in [0.15, 0.2) is 0 Å². The molecule has 3 rings (SSSR count). The molecule has 2 aromatic rings. The van der Waals surface area contributed by atoms with Crippen molar-refractivity contribution in [2.45, 2.75) is 23.8 Å². The summed E-state index contributed by atoms with van der Waals surface area (Å²) in [5.41, 5.74) is 0.445. The number of benzene rings is 2. The Balaban J connectivity index is 1.87. The second-order valence-corrected chi connectivity index (χ2v) is 7.04. The van der Waals surface area contributed by atoms with Gasteiger partial charge in [-0.05, 0) is 49.2 Å². The molecule has 0 radical (unpaired) electrons. The van der Waals surface area contributed by atoms with Gasteiger partial charge in [-0.25, -0.2) is 12.8 Å². The van der Waals surface area contributed by atoms with Crippen LogP contribution in [-0.4, -0.2) is 20.4 Å². The molecule has 1 fully saturated rings. The number of rotatable bonds is 5. The van der Waals surface area contributed by atoms with Crippen molar-refractivity contribution in [3.63, 3.8) is 0 Å². The minimum absolute atomic E-state index is 0.0729. The fourth-order valence-corrected chi connectivity index (χ4v) is 3.16. The van der Waals surface area contributed by atoms with Crippen molar-refractivity contribution < 1.29 is 17.6 Å². The summed E-state index contributed by atoms with van der Waals surface area (Å²) < 4.78 is 40.0. The predicted octanol–water partition coefficient (Wildman–Crippen LogP) is 2.52. The van der Waals surface area contributed by atoms with Crippen molar-refractivity contribution in [3.8, 4) is 0 Å². The first-order chi connectivity index (χ1) is 11.0. The average Bonchev–Trinajstić information content (AvgIpc) is 3.31. The lowest BCUT2D eigenvalue weighted by molar-refractivity contribution is 0.0952. The Morgan fingerprint density at radius 3 is 2.35 bits per heavy atom. The smallest absolute Gasteiger partial charge is 0.261 e. The third-order valence-corrected chi connectivity index (χ3v) is 4.83. The van der Waals surface area contributed by atoms with E-state index in [0.717, 1.165) is 25.0 Å². The summed E-state index contributed by atoms with van der Waals surface area (Å²) >= 11 is 0. The largest absolute Gasteiger partial charge is 0.349 e. The maximum Gasteiger partial charge on any atom is 0.261 e. The van der Waals surface area contributed by atoms with Crippen LogP contribution in [0.15, 0.2) is 53.4 Å². The van der Waals surface area contributed by atoms with Crippen LogP contribution in [0, 0.1) is 5.82 Å². The number of amides is 1. The molecule has 1 saturated carbocycles. The van der Waals surface area contributed by atoms with E-state index in [0.29, 0.717) is 0 Å². The van der Waals surface area contributed by atoms with E-state index in [-0.39, 0.29) is 28.1 Å². The van der Waals surface area contributed by atoms with E-state index in [1.807, 2.05) is 0 Å². The molecule has 0 bridgehead atoms. The molecule has 7 heteroatoms. The lowest BCUT2D eigenvalue weighted by Gasteiger charge is -2.12. The van der Waals surface area contributed by atoms with Crippen LogP contribution < -0.4 is 10.0 Å². The molecule has 0 aliphatic heterocycles. The summed E-state index contributed by atoms with van der Waals surface area (Å²) in [6.45, 7) is 0. The van der Waals surface area contributed by atoms with Crippen molar-refractivity contribution in [1.29, 1.82) is 0 Å². The van der Waals surface area contributed by atoms with E-state index in [9.17, 15) is 17.6 Å². The molecule has 5 nitrogen and oxygen atoms in total. The van der Waals surface area contributed by atoms with E-state index >= 15 is 0 Å². The third-order valence-electron chi connectivity index (χ3n) is 3.45. The van der Waals surface area contributed by atoms with E-state index in [2.05, 4.69) is 10.0 Å². The molecule has 1 amide bonds. The summed E-state index contributed by atoms with van der Waals surface area (Å²) in [5, 5.41) is 2.82. The van der Waals surface area contributed by atoms with Gasteiger partial charge >= 0.3 is 0 Å². The standard InChI is InChI=1S/C16H15FN2O3S/c17-11-5-9-13(10-6-11)23(21,22)19-15-4-2-1-3-14(15)16(20)18-12-7-8-12/h1-6,9-10,12,19H,7-8H2,(H,18,20). The van der Waals surface area contributed by atoms with Crippen molar-refractivity contribution >= 4 is 21.6 Å². The van der Waals surface area contributed by atoms with Gasteiger partial charge in [-0.3, -0.25) is 9.52 Å². The van der Waals surface area contributed by atoms with Gasteiger partial charge in [0.25, 0.3) is 15.9 Å². The minimum Gasteiger partial charge on any atom is -0.349 e. The van der Waals surface area contributed by atoms with E-state index in [1.54, 1.807) is 18.2 Å². The number of anilines is 1. The van der Waals surface area contributed by atoms with Gasteiger partial charge < -0.3 is 5.32 Å². The number of hydrogen-bond acceptors (Lipinski definition) is 3. The highest BCUT2D eigenvalue weighted by Crippen LogP contribution is 2.23. The molecule has 1 aliphatic rings. The SMILES string of the molecule is O=C(NC1CC1)c1ccccc1NS(=O)(=O)c1ccc(F)cc1. The first-order valence-electron chi connectivity index (χ1n) is 7.14. The van der Waals surface area contributed by atoms with Gasteiger partial charge in [0.1, 0.15) is 5.82 Å². The van der Waals surface area contributed by atoms with Crippen LogP contribution >= 0.6 is 0 Å². The highest BCUT2D eigenvalue weighted by atomic mass is 32.2. The summed E-state index contributed by atoms with van der Waals surface area (Å²) in [7, 11) is -3.90. The van der Waals surface area contributed by atoms with Gasteiger partial charge in [-0.1, -0.05) is 12.1 Å². The molecule has 0 aromatic heterocycles. The topological polar surface area (TPSA) is 75.3 Å². The first-order valence-corrected chi connectivity index (χ1v) is 8.62. The number of nitrogens with one attached hydrogen (secondary N) is 2. The van der Waals surface area contributed by atoms with Gasteiger partial charge in [-0.15, -0.1) is 0 Å². The monoisotopic (exact) mass is 334 g/mol. The van der Waals surface area contributed by atoms with Crippen LogP contribution in [0.2, 0.25) is 0 Å². The normalized spacial score (nSPS) is 14.3. The quantitative estimate of drug-likeness (QED) is 0.882. The zero-order valence-electron chi connectivity index (χ0n) is 12.1. The molecule has 2 N–H and O–H groups in total. The van der Waals surface area contributed by atoms with Crippen molar-refractivity contribution in [2.24, 2.45) is 0 Å². The Bertz CT molecular complexity index is 831. The van der Waals surface area contributed by atoms with Crippen LogP contribution in [0.4, 0.5) is 10.1 Å². The number of sulfonamides is 1. The van der Waals surface area contributed by atoms with Gasteiger partial charge in [-0.2, -0.15) is 0 Å². The molecule has 23 heavy (non-hydrogen) atoms. The third kappa shape index (κ3) is 3.68. The number of carbonyl (C=O) groups is 1. The molecular formula is C16H15FN2O3S. The average molecular weight is 334 g/mol. The summed E-state index contributed by atoms with van der Waals surface area (Å²) in [4.78, 5) is 12.1. The predicted molar refractivity (Wildman–Crippen MR) is 84.1 cm³/mol. The Hall–Kier alpha value is -2.41. The molecule has 0 atom stereocenters. The molecule has 1 aliphatic carbocycles. The van der Waals surface area contributed by atoms with Crippen LogP contribution in [0.5, 0.6) is 0 Å². The van der Waals surface area contributed by atoms with Gasteiger partial charge in [0.2, 0.25) is 0 Å². The van der Waals surface area contributed by atoms with Crippen LogP contribution in [-0.2, 0) is 10.0 Å². The molecule has 0 spiro atoms. The first kappa shape index (κ1) is 15.5. The maximum absolute atomic E-state index is 12.9. The Kier molecular flexibility index (Phi) is 4.04. The molecule has 0 heterocycles. The lowest BCUT2D eigenvalue weighted by atomic mass is 10.1. The van der Waals surface area contributed by atoms with Gasteiger partial charge in [0, 0.05) is 6.04 Å². The summed E-state index contributed by atoms with van der Waals surface area (Å²) in [5.74, 6) is -0.835. The Morgan fingerprint density at radius 1 is 1.04 bits per heavy atom. The summed E-state index contributed by atoms with van der Waals surface area (Å²) in [6, 6.07) is 11.0. The molecule has 2 aromatic carbocycles. The molecular weight excluding hydrogens is 319 g/mol. The number of para-hydroxylation sites is 1. The zero-order chi connectivity index (χ0) is 16.4. The van der Waals surface area contributed by atoms with Crippen molar-refractivity contribution in [1.82, 2.24) is 5.32 Å². The highest BCUT2D eigenvalue weighted by Gasteiger charge is 2.25. The Labute approximate surface area is 133 Å². The van der Waals surface area contributed by atoms with Crippen LogP contribution in [0.1, 0.15) is 23.2 Å². The minimum atomic E-state index is -3.90. The van der Waals surface area contributed by atoms with E-state index < -0.39 is 15.8 Å². The number of hydrogen-bond donors (Lipinski definition) is 2. The van der Waals surface area contributed by atoms with Gasteiger partial charge in [0.05, 0.1) is 16.1 Å². The second kappa shape index (κ2) is 6.00. The van der Waals surface area contributed by atoms with Crippen LogP contribution in [0.25, 0.3) is 0 Å². The fourth-order valence-electron chi connectivity index (χ4n) is 2.08. The zero-order valence-corrected chi connectivity index (χ0v) is 12.9. The molecule has 0 saturated heterocycles. The molecule has 0 unspecified atom stereocenters. The lowest BCUT2D eigenvalue weighted by Crippen LogP contribution is -2.27. The summed E-state index contributed by atoms with van der Waals surface area (Å²) in [6.07, 6.45) is 1.88. The van der Waals surface area contributed by atoms with E-state index in [1.165, 1.54) is 18.2 Å². The van der Waals surface area contributed by atoms with Crippen molar-refractivity contribution in [2.75, 3.05) is 4.72 Å². The molecule has 120 valence electrons. The van der Waals surface area contributed by atoms with Crippen LogP contribution in [0.3, 0.4) is 0 Å². The van der Waals surface area contributed by atoms with E-state index in [4.69, 9.17) is 0 Å². The second-order valence-electron chi connectivity index (χ2n) is 5.35. The maximum atomic E-state index is 12.9. The Morgan fingerprint density at radius 2 is 1.70 bits per heavy atom. The van der Waals surface area contributed by atoms with Crippen molar-refractivity contribution in [3.05, 3.63) is 59.9 Å². The number of halogens is 1.